The molecule has 0 aliphatic rings. The van der Waals surface area contributed by atoms with Crippen molar-refractivity contribution in [2.45, 2.75) is 19.8 Å². The van der Waals surface area contributed by atoms with E-state index in [9.17, 15) is 14.0 Å². The van der Waals surface area contributed by atoms with Gasteiger partial charge in [-0.2, -0.15) is 0 Å². The van der Waals surface area contributed by atoms with Crippen molar-refractivity contribution in [1.82, 2.24) is 0 Å². The van der Waals surface area contributed by atoms with Crippen LogP contribution >= 0.6 is 0 Å². The maximum Gasteiger partial charge on any atom is 0.306 e. The number of rotatable bonds is 8. The summed E-state index contributed by atoms with van der Waals surface area (Å²) in [6.07, 6.45) is 0.655. The van der Waals surface area contributed by atoms with Gasteiger partial charge in [0.25, 0.3) is 5.91 Å². The molecule has 25 heavy (non-hydrogen) atoms. The van der Waals surface area contributed by atoms with Gasteiger partial charge in [-0.3, -0.25) is 9.59 Å². The summed E-state index contributed by atoms with van der Waals surface area (Å²) in [6, 6.07) is 13.0. The zero-order valence-electron chi connectivity index (χ0n) is 14.0. The average molecular weight is 345 g/mol. The molecule has 1 amide bonds. The lowest BCUT2D eigenvalue weighted by Crippen LogP contribution is -2.21. The predicted molar refractivity (Wildman–Crippen MR) is 91.9 cm³/mol. The molecule has 132 valence electrons. The Balaban J connectivity index is 1.60. The molecule has 5 nitrogen and oxygen atoms in total. The lowest BCUT2D eigenvalue weighted by molar-refractivity contribution is -0.147. The Kier molecular flexibility index (Phi) is 6.95. The monoisotopic (exact) mass is 345 g/mol. The van der Waals surface area contributed by atoms with Crippen molar-refractivity contribution in [2.24, 2.45) is 0 Å². The lowest BCUT2D eigenvalue weighted by Gasteiger charge is -2.08. The van der Waals surface area contributed by atoms with Crippen LogP contribution in [0.2, 0.25) is 0 Å². The summed E-state index contributed by atoms with van der Waals surface area (Å²) in [5.74, 6) is -0.581. The van der Waals surface area contributed by atoms with Gasteiger partial charge in [0, 0.05) is 12.1 Å². The van der Waals surface area contributed by atoms with Gasteiger partial charge in [0.2, 0.25) is 0 Å². The van der Waals surface area contributed by atoms with Crippen LogP contribution in [0.5, 0.6) is 5.75 Å². The Labute approximate surface area is 145 Å². The summed E-state index contributed by atoms with van der Waals surface area (Å²) >= 11 is 0. The van der Waals surface area contributed by atoms with E-state index in [4.69, 9.17) is 9.47 Å². The summed E-state index contributed by atoms with van der Waals surface area (Å²) in [4.78, 5) is 23.2. The number of carbonyl (C=O) groups excluding carboxylic acids is 2. The summed E-state index contributed by atoms with van der Waals surface area (Å²) in [5, 5.41) is 2.51. The summed E-state index contributed by atoms with van der Waals surface area (Å²) in [6.45, 7) is 1.98. The van der Waals surface area contributed by atoms with Crippen LogP contribution in [0.4, 0.5) is 10.1 Å². The smallest absolute Gasteiger partial charge is 0.306 e. The number of nitrogens with one attached hydrogen (secondary N) is 1. The van der Waals surface area contributed by atoms with Gasteiger partial charge in [-0.25, -0.2) is 4.39 Å². The van der Waals surface area contributed by atoms with E-state index in [0.717, 1.165) is 11.3 Å². The molecule has 2 aromatic carbocycles. The number of esters is 1. The van der Waals surface area contributed by atoms with Crippen molar-refractivity contribution in [1.29, 1.82) is 0 Å². The molecule has 6 heteroatoms. The molecule has 0 heterocycles. The lowest BCUT2D eigenvalue weighted by atomic mass is 10.2. The number of hydrogen-bond donors (Lipinski definition) is 1. The third-order valence-electron chi connectivity index (χ3n) is 3.28. The second kappa shape index (κ2) is 9.42. The van der Waals surface area contributed by atoms with Crippen LogP contribution < -0.4 is 10.1 Å². The van der Waals surface area contributed by atoms with Gasteiger partial charge in [0.15, 0.2) is 6.61 Å². The summed E-state index contributed by atoms with van der Waals surface area (Å²) in [7, 11) is 0. The van der Waals surface area contributed by atoms with Crippen molar-refractivity contribution in [3.05, 3.63) is 59.9 Å². The minimum atomic E-state index is -0.476. The second-order valence-corrected chi connectivity index (χ2v) is 5.48. The summed E-state index contributed by atoms with van der Waals surface area (Å²) in [5.41, 5.74) is 1.54. The number of benzene rings is 2. The molecule has 1 N–H and O–H groups in total. The Hall–Kier alpha value is -2.89. The largest absolute Gasteiger partial charge is 0.494 e. The molecule has 2 aromatic rings. The number of aryl methyl sites for hydroxylation is 1. The SMILES string of the molecule is Cc1cccc(OCCCC(=O)OCC(=O)Nc2ccc(F)cc2)c1. The fraction of sp³-hybridized carbons (Fsp3) is 0.263. The molecule has 0 bridgehead atoms. The average Bonchev–Trinajstić information content (AvgIpc) is 2.59. The highest BCUT2D eigenvalue weighted by Gasteiger charge is 2.08. The molecule has 0 aliphatic heterocycles. The first-order valence-electron chi connectivity index (χ1n) is 7.93. The molecule has 0 spiro atoms. The van der Waals surface area contributed by atoms with Crippen LogP contribution in [0.1, 0.15) is 18.4 Å². The van der Waals surface area contributed by atoms with E-state index < -0.39 is 17.7 Å². The van der Waals surface area contributed by atoms with Crippen LogP contribution in [0.25, 0.3) is 0 Å². The van der Waals surface area contributed by atoms with Gasteiger partial charge in [-0.1, -0.05) is 12.1 Å². The third kappa shape index (κ3) is 7.03. The fourth-order valence-corrected chi connectivity index (χ4v) is 2.06. The fourth-order valence-electron chi connectivity index (χ4n) is 2.06. The third-order valence-corrected chi connectivity index (χ3v) is 3.28. The minimum Gasteiger partial charge on any atom is -0.494 e. The van der Waals surface area contributed by atoms with Gasteiger partial charge in [0.1, 0.15) is 11.6 Å². The Bertz CT molecular complexity index is 716. The number of amides is 1. The topological polar surface area (TPSA) is 64.6 Å². The van der Waals surface area contributed by atoms with Crippen LogP contribution in [-0.2, 0) is 14.3 Å². The first kappa shape index (κ1) is 18.4. The van der Waals surface area contributed by atoms with Gasteiger partial charge in [0.05, 0.1) is 6.61 Å². The number of hydrogen-bond acceptors (Lipinski definition) is 4. The van der Waals surface area contributed by atoms with Gasteiger partial charge in [-0.15, -0.1) is 0 Å². The van der Waals surface area contributed by atoms with E-state index in [-0.39, 0.29) is 13.0 Å². The normalized spacial score (nSPS) is 10.2. The van der Waals surface area contributed by atoms with E-state index in [1.165, 1.54) is 24.3 Å². The van der Waals surface area contributed by atoms with Crippen LogP contribution in [0.3, 0.4) is 0 Å². The van der Waals surface area contributed by atoms with E-state index in [1.54, 1.807) is 0 Å². The van der Waals surface area contributed by atoms with E-state index in [2.05, 4.69) is 5.32 Å². The molecule has 0 saturated carbocycles. The number of ether oxygens (including phenoxy) is 2. The maximum absolute atomic E-state index is 12.8. The van der Waals surface area contributed by atoms with Crippen molar-refractivity contribution in [3.63, 3.8) is 0 Å². The highest BCUT2D eigenvalue weighted by molar-refractivity contribution is 5.92. The molecular weight excluding hydrogens is 325 g/mol. The highest BCUT2D eigenvalue weighted by atomic mass is 19.1. The van der Waals surface area contributed by atoms with Crippen molar-refractivity contribution >= 4 is 17.6 Å². The molecule has 0 aliphatic carbocycles. The Morgan fingerprint density at radius 1 is 1.12 bits per heavy atom. The molecular formula is C19H20FNO4. The van der Waals surface area contributed by atoms with E-state index in [0.29, 0.717) is 18.7 Å². The van der Waals surface area contributed by atoms with Gasteiger partial charge in [-0.05, 0) is 55.3 Å². The predicted octanol–water partition coefficient (Wildman–Crippen LogP) is 3.48. The maximum atomic E-state index is 12.8. The van der Waals surface area contributed by atoms with Crippen molar-refractivity contribution < 1.29 is 23.5 Å². The van der Waals surface area contributed by atoms with Gasteiger partial charge < -0.3 is 14.8 Å². The quantitative estimate of drug-likeness (QED) is 0.588. The van der Waals surface area contributed by atoms with Crippen molar-refractivity contribution in [2.75, 3.05) is 18.5 Å². The molecule has 2 rings (SSSR count). The van der Waals surface area contributed by atoms with E-state index in [1.807, 2.05) is 31.2 Å². The van der Waals surface area contributed by atoms with Crippen LogP contribution in [0.15, 0.2) is 48.5 Å². The first-order chi connectivity index (χ1) is 12.0. The molecule has 0 atom stereocenters. The minimum absolute atomic E-state index is 0.162. The molecule has 0 aromatic heterocycles. The second-order valence-electron chi connectivity index (χ2n) is 5.48. The Morgan fingerprint density at radius 3 is 2.60 bits per heavy atom. The zero-order chi connectivity index (χ0) is 18.1. The molecule has 0 radical (unpaired) electrons. The van der Waals surface area contributed by atoms with Crippen LogP contribution in [0, 0.1) is 12.7 Å². The van der Waals surface area contributed by atoms with Crippen LogP contribution in [-0.4, -0.2) is 25.1 Å². The number of halogens is 1. The highest BCUT2D eigenvalue weighted by Crippen LogP contribution is 2.13. The summed E-state index contributed by atoms with van der Waals surface area (Å²) < 4.78 is 23.2. The van der Waals surface area contributed by atoms with Crippen molar-refractivity contribution in [3.8, 4) is 5.75 Å². The molecule has 0 unspecified atom stereocenters. The zero-order valence-corrected chi connectivity index (χ0v) is 14.0. The number of carbonyl (C=O) groups is 2. The first-order valence-corrected chi connectivity index (χ1v) is 7.93. The Morgan fingerprint density at radius 2 is 1.88 bits per heavy atom. The molecule has 0 saturated heterocycles. The molecule has 0 fully saturated rings. The number of anilines is 1. The van der Waals surface area contributed by atoms with E-state index >= 15 is 0 Å². The van der Waals surface area contributed by atoms with Gasteiger partial charge >= 0.3 is 5.97 Å². The standard InChI is InChI=1S/C19H20FNO4/c1-14-4-2-5-17(12-14)24-11-3-6-19(23)25-13-18(22)21-16-9-7-15(20)8-10-16/h2,4-5,7-10,12H,3,6,11,13H2,1H3,(H,21,22).